The molecule has 0 saturated heterocycles. The number of rotatable bonds is 3. The Labute approximate surface area is 152 Å². The van der Waals surface area contributed by atoms with Crippen LogP contribution in [0.3, 0.4) is 0 Å². The number of nitrogens with one attached hydrogen (secondary N) is 1. The first-order valence-electron chi connectivity index (χ1n) is 7.77. The maximum Gasteiger partial charge on any atom is 0.334 e. The number of benzene rings is 1. The molecule has 4 aromatic rings. The van der Waals surface area contributed by atoms with Crippen LogP contribution in [0.1, 0.15) is 9.67 Å². The molecule has 26 heavy (non-hydrogen) atoms. The van der Waals surface area contributed by atoms with Gasteiger partial charge in [-0.05, 0) is 23.6 Å². The van der Waals surface area contributed by atoms with Crippen molar-refractivity contribution in [2.24, 2.45) is 0 Å². The molecule has 3 heterocycles. The van der Waals surface area contributed by atoms with Gasteiger partial charge in [-0.2, -0.15) is 9.61 Å². The average molecular weight is 363 g/mol. The highest BCUT2D eigenvalue weighted by Gasteiger charge is 2.23. The van der Waals surface area contributed by atoms with Gasteiger partial charge in [0.05, 0.1) is 16.8 Å². The van der Waals surface area contributed by atoms with Gasteiger partial charge in [-0.25, -0.2) is 14.7 Å². The van der Waals surface area contributed by atoms with Crippen molar-refractivity contribution in [1.82, 2.24) is 19.9 Å². The highest BCUT2D eigenvalue weighted by Crippen LogP contribution is 2.25. The van der Waals surface area contributed by atoms with Crippen LogP contribution in [0.5, 0.6) is 0 Å². The minimum atomic E-state index is -0.572. The molecule has 3 amide bonds. The maximum atomic E-state index is 13.0. The lowest BCUT2D eigenvalue weighted by Crippen LogP contribution is -2.41. The zero-order chi connectivity index (χ0) is 17.9. The molecule has 1 N–H and O–H groups in total. The van der Waals surface area contributed by atoms with Crippen molar-refractivity contribution in [2.75, 3.05) is 4.90 Å². The summed E-state index contributed by atoms with van der Waals surface area (Å²) in [5.74, 6) is 0.0272. The van der Waals surface area contributed by atoms with Gasteiger partial charge in [-0.1, -0.05) is 24.3 Å². The van der Waals surface area contributed by atoms with E-state index in [4.69, 9.17) is 0 Å². The van der Waals surface area contributed by atoms with Gasteiger partial charge in [0.2, 0.25) is 0 Å². The number of aromatic nitrogens is 3. The molecule has 0 radical (unpaired) electrons. The van der Waals surface area contributed by atoms with Crippen LogP contribution in [0.15, 0.2) is 72.4 Å². The third-order valence-corrected chi connectivity index (χ3v) is 4.55. The van der Waals surface area contributed by atoms with E-state index in [1.807, 2.05) is 18.2 Å². The third kappa shape index (κ3) is 2.93. The van der Waals surface area contributed by atoms with E-state index < -0.39 is 11.9 Å². The molecule has 0 unspecified atom stereocenters. The minimum absolute atomic E-state index is 0.448. The Morgan fingerprint density at radius 3 is 2.62 bits per heavy atom. The van der Waals surface area contributed by atoms with Crippen LogP contribution in [0.25, 0.3) is 5.65 Å². The molecule has 0 atom stereocenters. The van der Waals surface area contributed by atoms with Crippen molar-refractivity contribution >= 4 is 40.4 Å². The molecule has 0 spiro atoms. The fourth-order valence-electron chi connectivity index (χ4n) is 2.54. The predicted molar refractivity (Wildman–Crippen MR) is 98.7 cm³/mol. The summed E-state index contributed by atoms with van der Waals surface area (Å²) in [4.78, 5) is 31.3. The molecule has 4 rings (SSSR count). The first-order valence-corrected chi connectivity index (χ1v) is 8.65. The summed E-state index contributed by atoms with van der Waals surface area (Å²) in [5, 5.41) is 8.44. The van der Waals surface area contributed by atoms with E-state index in [0.29, 0.717) is 22.0 Å². The monoisotopic (exact) mass is 363 g/mol. The Kier molecular flexibility index (Phi) is 4.16. The number of hydrogen-bond donors (Lipinski definition) is 1. The predicted octanol–water partition coefficient (Wildman–Crippen LogP) is 3.48. The van der Waals surface area contributed by atoms with E-state index in [9.17, 15) is 9.59 Å². The van der Waals surface area contributed by atoms with Gasteiger partial charge >= 0.3 is 6.03 Å². The van der Waals surface area contributed by atoms with Gasteiger partial charge in [0, 0.05) is 18.3 Å². The second kappa shape index (κ2) is 6.77. The molecule has 0 fully saturated rings. The molecule has 1 aromatic carbocycles. The Hall–Kier alpha value is -3.52. The van der Waals surface area contributed by atoms with Crippen molar-refractivity contribution in [3.63, 3.8) is 0 Å². The summed E-state index contributed by atoms with van der Waals surface area (Å²) in [6, 6.07) is 15.3. The molecule has 0 saturated carbocycles. The summed E-state index contributed by atoms with van der Waals surface area (Å²) in [6.07, 6.45) is 3.19. The quantitative estimate of drug-likeness (QED) is 0.604. The van der Waals surface area contributed by atoms with Gasteiger partial charge in [0.1, 0.15) is 5.82 Å². The van der Waals surface area contributed by atoms with Gasteiger partial charge < -0.3 is 0 Å². The maximum absolute atomic E-state index is 13.0. The van der Waals surface area contributed by atoms with Crippen molar-refractivity contribution in [3.05, 3.63) is 77.2 Å². The molecular weight excluding hydrogens is 350 g/mol. The first kappa shape index (κ1) is 16.0. The van der Waals surface area contributed by atoms with Crippen molar-refractivity contribution < 1.29 is 9.59 Å². The minimum Gasteiger partial charge on any atom is -0.272 e. The summed E-state index contributed by atoms with van der Waals surface area (Å²) < 4.78 is 1.54. The standard InChI is InChI=1S/C18H13N5O2S/c24-17(14-7-4-12-26-14)21-18(25)22(13-5-2-1-3-6-13)16-9-10-19-15-8-11-20-23(15)16/h1-12H,(H,21,24,25). The van der Waals surface area contributed by atoms with E-state index in [1.54, 1.807) is 58.7 Å². The number of para-hydroxylation sites is 1. The molecule has 7 nitrogen and oxygen atoms in total. The average Bonchev–Trinajstić information content (AvgIpc) is 3.35. The number of anilines is 2. The third-order valence-electron chi connectivity index (χ3n) is 3.68. The second-order valence-corrected chi connectivity index (χ2v) is 6.26. The lowest BCUT2D eigenvalue weighted by molar-refractivity contribution is 0.0970. The molecule has 0 aliphatic rings. The highest BCUT2D eigenvalue weighted by atomic mass is 32.1. The number of thiophene rings is 1. The number of hydrogen-bond acceptors (Lipinski definition) is 5. The van der Waals surface area contributed by atoms with Gasteiger partial charge in [-0.15, -0.1) is 11.3 Å². The SMILES string of the molecule is O=C(NC(=O)N(c1ccccc1)c1ccnc2ccnn12)c1cccs1. The normalized spacial score (nSPS) is 10.6. The van der Waals surface area contributed by atoms with Crippen LogP contribution in [0.2, 0.25) is 0 Å². The van der Waals surface area contributed by atoms with Crippen LogP contribution in [-0.2, 0) is 0 Å². The topological polar surface area (TPSA) is 79.6 Å². The largest absolute Gasteiger partial charge is 0.334 e. The zero-order valence-corrected chi connectivity index (χ0v) is 14.3. The Morgan fingerprint density at radius 2 is 1.85 bits per heavy atom. The van der Waals surface area contributed by atoms with Crippen molar-refractivity contribution in [2.45, 2.75) is 0 Å². The fourth-order valence-corrected chi connectivity index (χ4v) is 3.16. The molecular formula is C18H13N5O2S. The number of nitrogens with zero attached hydrogens (tertiary/aromatic N) is 4. The van der Waals surface area contributed by atoms with Crippen LogP contribution in [0, 0.1) is 0 Å². The summed E-state index contributed by atoms with van der Waals surface area (Å²) >= 11 is 1.27. The van der Waals surface area contributed by atoms with E-state index in [2.05, 4.69) is 15.4 Å². The molecule has 0 aliphatic carbocycles. The van der Waals surface area contributed by atoms with Gasteiger partial charge in [0.15, 0.2) is 5.65 Å². The Balaban J connectivity index is 1.75. The summed E-state index contributed by atoms with van der Waals surface area (Å²) in [6.45, 7) is 0. The van der Waals surface area contributed by atoms with Crippen LogP contribution in [-0.4, -0.2) is 26.5 Å². The lowest BCUT2D eigenvalue weighted by atomic mass is 10.3. The first-order chi connectivity index (χ1) is 12.7. The number of amides is 3. The van der Waals surface area contributed by atoms with Gasteiger partial charge in [0.25, 0.3) is 5.91 Å². The number of fused-ring (bicyclic) bond motifs is 1. The molecule has 3 aromatic heterocycles. The summed E-state index contributed by atoms with van der Waals surface area (Å²) in [7, 11) is 0. The molecule has 0 aliphatic heterocycles. The zero-order valence-electron chi connectivity index (χ0n) is 13.4. The number of urea groups is 1. The van der Waals surface area contributed by atoms with Crippen molar-refractivity contribution in [3.8, 4) is 0 Å². The number of carbonyl (C=O) groups excluding carboxylic acids is 2. The molecule has 8 heteroatoms. The van der Waals surface area contributed by atoms with Crippen molar-refractivity contribution in [1.29, 1.82) is 0 Å². The van der Waals surface area contributed by atoms with Crippen LogP contribution >= 0.6 is 11.3 Å². The van der Waals surface area contributed by atoms with Crippen LogP contribution in [0.4, 0.5) is 16.3 Å². The number of carbonyl (C=O) groups is 2. The summed E-state index contributed by atoms with van der Waals surface area (Å²) in [5.41, 5.74) is 1.20. The number of imide groups is 1. The van der Waals surface area contributed by atoms with E-state index in [1.165, 1.54) is 16.2 Å². The van der Waals surface area contributed by atoms with Crippen LogP contribution < -0.4 is 10.2 Å². The smallest absolute Gasteiger partial charge is 0.272 e. The molecule has 0 bridgehead atoms. The van der Waals surface area contributed by atoms with E-state index >= 15 is 0 Å². The second-order valence-electron chi connectivity index (χ2n) is 5.31. The fraction of sp³-hybridized carbons (Fsp3) is 0. The Bertz CT molecular complexity index is 1060. The molecule has 128 valence electrons. The Morgan fingerprint density at radius 1 is 1.00 bits per heavy atom. The van der Waals surface area contributed by atoms with Gasteiger partial charge in [-0.3, -0.25) is 10.1 Å². The van der Waals surface area contributed by atoms with E-state index in [-0.39, 0.29) is 0 Å². The highest BCUT2D eigenvalue weighted by molar-refractivity contribution is 7.12. The van der Waals surface area contributed by atoms with E-state index in [0.717, 1.165) is 0 Å². The lowest BCUT2D eigenvalue weighted by Gasteiger charge is -2.23.